The van der Waals surface area contributed by atoms with Crippen LogP contribution in [0.4, 0.5) is 11.4 Å². The Kier molecular flexibility index (Phi) is 4.91. The summed E-state index contributed by atoms with van der Waals surface area (Å²) in [5, 5.41) is 6.47. The van der Waals surface area contributed by atoms with E-state index >= 15 is 0 Å². The highest BCUT2D eigenvalue weighted by Crippen LogP contribution is 2.22. The molecule has 2 N–H and O–H groups in total. The average Bonchev–Trinajstić information content (AvgIpc) is 3.08. The Labute approximate surface area is 137 Å². The highest BCUT2D eigenvalue weighted by molar-refractivity contribution is 5.95. The molecule has 23 heavy (non-hydrogen) atoms. The number of aromatic nitrogens is 1. The smallest absolute Gasteiger partial charge is 0.253 e. The number of hydrogen-bond donors (Lipinski definition) is 2. The second kappa shape index (κ2) is 7.27. The fourth-order valence-corrected chi connectivity index (χ4v) is 3.08. The standard InChI is InChI=1S/C19H23N3O/c1-2-14-7-3-6-10-18(14)21-17-11-15(12-20-13-17)19(23)22-16-8-4-5-9-16/h3,6-7,10-13,16,21H,2,4-5,8-9H2,1H3,(H,22,23). The summed E-state index contributed by atoms with van der Waals surface area (Å²) < 4.78 is 0. The first-order chi connectivity index (χ1) is 11.3. The third-order valence-corrected chi connectivity index (χ3v) is 4.37. The molecule has 1 aliphatic carbocycles. The number of amides is 1. The first-order valence-corrected chi connectivity index (χ1v) is 8.37. The van der Waals surface area contributed by atoms with E-state index in [0.29, 0.717) is 11.6 Å². The second-order valence-corrected chi connectivity index (χ2v) is 6.05. The van der Waals surface area contributed by atoms with Gasteiger partial charge in [-0.3, -0.25) is 9.78 Å². The molecule has 1 aromatic carbocycles. The number of pyridine rings is 1. The van der Waals surface area contributed by atoms with Crippen molar-refractivity contribution in [2.75, 3.05) is 5.32 Å². The predicted octanol–water partition coefficient (Wildman–Crippen LogP) is 4.06. The molecule has 0 spiro atoms. The van der Waals surface area contributed by atoms with Crippen LogP contribution in [0.3, 0.4) is 0 Å². The van der Waals surface area contributed by atoms with Crippen LogP contribution >= 0.6 is 0 Å². The van der Waals surface area contributed by atoms with Crippen molar-refractivity contribution in [2.24, 2.45) is 0 Å². The van der Waals surface area contributed by atoms with E-state index in [9.17, 15) is 4.79 Å². The molecule has 1 amide bonds. The number of rotatable bonds is 5. The lowest BCUT2D eigenvalue weighted by atomic mass is 10.1. The minimum absolute atomic E-state index is 0.0307. The van der Waals surface area contributed by atoms with Crippen LogP contribution in [0.5, 0.6) is 0 Å². The minimum Gasteiger partial charge on any atom is -0.354 e. The van der Waals surface area contributed by atoms with Gasteiger partial charge in [0.25, 0.3) is 5.91 Å². The van der Waals surface area contributed by atoms with E-state index in [4.69, 9.17) is 0 Å². The van der Waals surface area contributed by atoms with Crippen LogP contribution in [0.15, 0.2) is 42.7 Å². The molecule has 2 aromatic rings. The molecule has 4 nitrogen and oxygen atoms in total. The predicted molar refractivity (Wildman–Crippen MR) is 93.1 cm³/mol. The summed E-state index contributed by atoms with van der Waals surface area (Å²) in [5.74, 6) is -0.0307. The molecule has 1 heterocycles. The third kappa shape index (κ3) is 3.89. The van der Waals surface area contributed by atoms with Gasteiger partial charge in [0.1, 0.15) is 0 Å². The van der Waals surface area contributed by atoms with Crippen molar-refractivity contribution in [2.45, 2.75) is 45.1 Å². The van der Waals surface area contributed by atoms with Crippen LogP contribution in [0, 0.1) is 0 Å². The van der Waals surface area contributed by atoms with E-state index in [1.807, 2.05) is 24.3 Å². The maximum atomic E-state index is 12.3. The van der Waals surface area contributed by atoms with Gasteiger partial charge in [-0.05, 0) is 37.0 Å². The molecule has 120 valence electrons. The highest BCUT2D eigenvalue weighted by atomic mass is 16.1. The van der Waals surface area contributed by atoms with Crippen molar-refractivity contribution < 1.29 is 4.79 Å². The Morgan fingerprint density at radius 3 is 2.78 bits per heavy atom. The molecule has 0 atom stereocenters. The molecular formula is C19H23N3O. The summed E-state index contributed by atoms with van der Waals surface area (Å²) in [7, 11) is 0. The number of benzene rings is 1. The zero-order chi connectivity index (χ0) is 16.1. The zero-order valence-corrected chi connectivity index (χ0v) is 13.5. The Bertz CT molecular complexity index is 678. The van der Waals surface area contributed by atoms with Gasteiger partial charge in [0.15, 0.2) is 0 Å². The van der Waals surface area contributed by atoms with Gasteiger partial charge < -0.3 is 10.6 Å². The molecule has 0 radical (unpaired) electrons. The Morgan fingerprint density at radius 2 is 2.00 bits per heavy atom. The van der Waals surface area contributed by atoms with Crippen LogP contribution in [0.25, 0.3) is 0 Å². The fraction of sp³-hybridized carbons (Fsp3) is 0.368. The van der Waals surface area contributed by atoms with E-state index in [-0.39, 0.29) is 5.91 Å². The minimum atomic E-state index is -0.0307. The molecule has 0 aliphatic heterocycles. The number of nitrogens with zero attached hydrogens (tertiary/aromatic N) is 1. The largest absolute Gasteiger partial charge is 0.354 e. The van der Waals surface area contributed by atoms with E-state index in [2.05, 4.69) is 28.6 Å². The number of hydrogen-bond acceptors (Lipinski definition) is 3. The summed E-state index contributed by atoms with van der Waals surface area (Å²) in [6.07, 6.45) is 8.91. The van der Waals surface area contributed by atoms with Crippen molar-refractivity contribution in [3.05, 3.63) is 53.9 Å². The lowest BCUT2D eigenvalue weighted by molar-refractivity contribution is 0.0937. The van der Waals surface area contributed by atoms with Crippen molar-refractivity contribution in [3.63, 3.8) is 0 Å². The summed E-state index contributed by atoms with van der Waals surface area (Å²) >= 11 is 0. The number of carbonyl (C=O) groups excluding carboxylic acids is 1. The lowest BCUT2D eigenvalue weighted by Gasteiger charge is -2.13. The highest BCUT2D eigenvalue weighted by Gasteiger charge is 2.18. The quantitative estimate of drug-likeness (QED) is 0.875. The normalized spacial score (nSPS) is 14.7. The SMILES string of the molecule is CCc1ccccc1Nc1cncc(C(=O)NC2CCCC2)c1. The topological polar surface area (TPSA) is 54.0 Å². The Balaban J connectivity index is 1.73. The summed E-state index contributed by atoms with van der Waals surface area (Å²) in [4.78, 5) is 16.6. The van der Waals surface area contributed by atoms with Gasteiger partial charge in [-0.1, -0.05) is 38.0 Å². The second-order valence-electron chi connectivity index (χ2n) is 6.05. The first kappa shape index (κ1) is 15.5. The van der Waals surface area contributed by atoms with Gasteiger partial charge in [-0.15, -0.1) is 0 Å². The molecule has 1 aromatic heterocycles. The number of anilines is 2. The summed E-state index contributed by atoms with van der Waals surface area (Å²) in [6, 6.07) is 10.4. The van der Waals surface area contributed by atoms with Gasteiger partial charge in [0.05, 0.1) is 17.4 Å². The first-order valence-electron chi connectivity index (χ1n) is 8.37. The average molecular weight is 309 g/mol. The van der Waals surface area contributed by atoms with Gasteiger partial charge in [0, 0.05) is 17.9 Å². The zero-order valence-electron chi connectivity index (χ0n) is 13.5. The van der Waals surface area contributed by atoms with Crippen molar-refractivity contribution >= 4 is 17.3 Å². The van der Waals surface area contributed by atoms with E-state index in [1.165, 1.54) is 18.4 Å². The van der Waals surface area contributed by atoms with Crippen LogP contribution in [-0.4, -0.2) is 16.9 Å². The van der Waals surface area contributed by atoms with Gasteiger partial charge in [-0.2, -0.15) is 0 Å². The van der Waals surface area contributed by atoms with Crippen molar-refractivity contribution in [1.82, 2.24) is 10.3 Å². The van der Waals surface area contributed by atoms with E-state index < -0.39 is 0 Å². The molecule has 1 fully saturated rings. The van der Waals surface area contributed by atoms with Crippen LogP contribution in [0.1, 0.15) is 48.5 Å². The van der Waals surface area contributed by atoms with Crippen LogP contribution in [0.2, 0.25) is 0 Å². The lowest BCUT2D eigenvalue weighted by Crippen LogP contribution is -2.32. The number of aryl methyl sites for hydroxylation is 1. The number of para-hydroxylation sites is 1. The molecule has 4 heteroatoms. The molecule has 0 saturated heterocycles. The third-order valence-electron chi connectivity index (χ3n) is 4.37. The van der Waals surface area contributed by atoms with Gasteiger partial charge in [0.2, 0.25) is 0 Å². The van der Waals surface area contributed by atoms with Crippen LogP contribution < -0.4 is 10.6 Å². The molecule has 1 aliphatic rings. The van der Waals surface area contributed by atoms with Gasteiger partial charge in [-0.25, -0.2) is 0 Å². The maximum absolute atomic E-state index is 12.3. The fourth-order valence-electron chi connectivity index (χ4n) is 3.08. The van der Waals surface area contributed by atoms with Crippen molar-refractivity contribution in [1.29, 1.82) is 0 Å². The maximum Gasteiger partial charge on any atom is 0.253 e. The van der Waals surface area contributed by atoms with E-state index in [1.54, 1.807) is 12.4 Å². The Morgan fingerprint density at radius 1 is 1.22 bits per heavy atom. The molecule has 0 bridgehead atoms. The molecule has 3 rings (SSSR count). The molecular weight excluding hydrogens is 286 g/mol. The molecule has 1 saturated carbocycles. The number of carbonyl (C=O) groups is 1. The summed E-state index contributed by atoms with van der Waals surface area (Å²) in [5.41, 5.74) is 3.75. The van der Waals surface area contributed by atoms with Gasteiger partial charge >= 0.3 is 0 Å². The van der Waals surface area contributed by atoms with Crippen molar-refractivity contribution in [3.8, 4) is 0 Å². The van der Waals surface area contributed by atoms with Crippen LogP contribution in [-0.2, 0) is 6.42 Å². The number of nitrogens with one attached hydrogen (secondary N) is 2. The Hall–Kier alpha value is -2.36. The monoisotopic (exact) mass is 309 g/mol. The molecule has 0 unspecified atom stereocenters. The summed E-state index contributed by atoms with van der Waals surface area (Å²) in [6.45, 7) is 2.13. The van der Waals surface area contributed by atoms with E-state index in [0.717, 1.165) is 30.6 Å².